The minimum absolute atomic E-state index is 0.0214. The second kappa shape index (κ2) is 3.54. The van der Waals surface area contributed by atoms with Gasteiger partial charge < -0.3 is 9.47 Å². The molecule has 0 bridgehead atoms. The van der Waals surface area contributed by atoms with Gasteiger partial charge in [0.1, 0.15) is 5.78 Å². The van der Waals surface area contributed by atoms with Crippen LogP contribution in [0.25, 0.3) is 0 Å². The van der Waals surface area contributed by atoms with Gasteiger partial charge in [0.25, 0.3) is 0 Å². The van der Waals surface area contributed by atoms with E-state index in [1.165, 1.54) is 0 Å². The van der Waals surface area contributed by atoms with E-state index in [1.807, 2.05) is 13.8 Å². The van der Waals surface area contributed by atoms with Crippen molar-refractivity contribution in [3.8, 4) is 0 Å². The van der Waals surface area contributed by atoms with E-state index in [0.717, 1.165) is 0 Å². The molecule has 0 radical (unpaired) electrons. The highest BCUT2D eigenvalue weighted by Crippen LogP contribution is 2.26. The van der Waals surface area contributed by atoms with Crippen LogP contribution in [0.1, 0.15) is 27.2 Å². The predicted molar refractivity (Wildman–Crippen MR) is 44.8 cm³/mol. The number of hydrogen-bond acceptors (Lipinski definition) is 3. The maximum Gasteiger partial charge on any atom is 0.166 e. The van der Waals surface area contributed by atoms with Gasteiger partial charge in [0.15, 0.2) is 5.79 Å². The van der Waals surface area contributed by atoms with Crippen LogP contribution in [0.15, 0.2) is 0 Å². The first-order chi connectivity index (χ1) is 5.53. The van der Waals surface area contributed by atoms with Crippen molar-refractivity contribution in [1.29, 1.82) is 0 Å². The average Bonchev–Trinajstić information content (AvgIpc) is 2.35. The second-order valence-electron chi connectivity index (χ2n) is 3.55. The molecule has 0 aliphatic carbocycles. The Labute approximate surface area is 73.0 Å². The third-order valence-electron chi connectivity index (χ3n) is 2.27. The number of Topliss-reactive ketones (excluding diaryl/α,β-unsaturated/α-hetero) is 1. The highest BCUT2D eigenvalue weighted by molar-refractivity contribution is 5.77. The largest absolute Gasteiger partial charge is 0.348 e. The van der Waals surface area contributed by atoms with Gasteiger partial charge in [-0.2, -0.15) is 0 Å². The first-order valence-corrected chi connectivity index (χ1v) is 4.32. The van der Waals surface area contributed by atoms with Gasteiger partial charge in [-0.25, -0.2) is 0 Å². The zero-order valence-electron chi connectivity index (χ0n) is 7.92. The Morgan fingerprint density at radius 1 is 1.50 bits per heavy atom. The van der Waals surface area contributed by atoms with Crippen LogP contribution in [-0.4, -0.2) is 24.8 Å². The Hall–Kier alpha value is -0.410. The van der Waals surface area contributed by atoms with E-state index >= 15 is 0 Å². The number of carbonyl (C=O) groups is 1. The molecule has 0 saturated carbocycles. The minimum Gasteiger partial charge on any atom is -0.348 e. The first-order valence-electron chi connectivity index (χ1n) is 4.32. The first kappa shape index (κ1) is 9.68. The van der Waals surface area contributed by atoms with Gasteiger partial charge in [-0.1, -0.05) is 6.92 Å². The van der Waals surface area contributed by atoms with Crippen molar-refractivity contribution in [2.24, 2.45) is 5.92 Å². The molecule has 0 spiro atoms. The van der Waals surface area contributed by atoms with E-state index in [2.05, 4.69) is 0 Å². The molecule has 1 unspecified atom stereocenters. The van der Waals surface area contributed by atoms with Gasteiger partial charge >= 0.3 is 0 Å². The van der Waals surface area contributed by atoms with Gasteiger partial charge in [0.05, 0.1) is 13.2 Å². The quantitative estimate of drug-likeness (QED) is 0.645. The topological polar surface area (TPSA) is 35.5 Å². The summed E-state index contributed by atoms with van der Waals surface area (Å²) in [7, 11) is 0. The number of carbonyl (C=O) groups excluding carboxylic acids is 1. The molecule has 0 amide bonds. The molecule has 3 heteroatoms. The fourth-order valence-corrected chi connectivity index (χ4v) is 1.37. The molecule has 1 fully saturated rings. The molecule has 70 valence electrons. The highest BCUT2D eigenvalue weighted by atomic mass is 16.7. The Morgan fingerprint density at radius 3 is 2.42 bits per heavy atom. The summed E-state index contributed by atoms with van der Waals surface area (Å²) in [5, 5.41) is 0. The van der Waals surface area contributed by atoms with Gasteiger partial charge in [-0.05, 0) is 13.8 Å². The van der Waals surface area contributed by atoms with E-state index in [0.29, 0.717) is 19.6 Å². The number of rotatable bonds is 3. The molecule has 0 N–H and O–H groups in total. The minimum atomic E-state index is -0.523. The van der Waals surface area contributed by atoms with Crippen LogP contribution >= 0.6 is 0 Å². The molecule has 1 aliphatic heterocycles. The zero-order chi connectivity index (χ0) is 9.19. The van der Waals surface area contributed by atoms with E-state index < -0.39 is 5.79 Å². The lowest BCUT2D eigenvalue weighted by Gasteiger charge is -2.24. The van der Waals surface area contributed by atoms with Crippen LogP contribution in [-0.2, 0) is 14.3 Å². The highest BCUT2D eigenvalue weighted by Gasteiger charge is 2.33. The number of ketones is 1. The standard InChI is InChI=1S/C9H16O3/c1-7(8(2)10)6-9(3)11-4-5-12-9/h7H,4-6H2,1-3H3. The third kappa shape index (κ3) is 2.29. The predicted octanol–water partition coefficient (Wildman–Crippen LogP) is 1.36. The van der Waals surface area contributed by atoms with Gasteiger partial charge in [0.2, 0.25) is 0 Å². The van der Waals surface area contributed by atoms with Crippen molar-refractivity contribution in [3.63, 3.8) is 0 Å². The summed E-state index contributed by atoms with van der Waals surface area (Å²) in [5.41, 5.74) is 0. The summed E-state index contributed by atoms with van der Waals surface area (Å²) in [6.07, 6.45) is 0.655. The summed E-state index contributed by atoms with van der Waals surface area (Å²) in [6, 6.07) is 0. The Morgan fingerprint density at radius 2 is 2.00 bits per heavy atom. The van der Waals surface area contributed by atoms with Gasteiger partial charge in [0, 0.05) is 12.3 Å². The van der Waals surface area contributed by atoms with Crippen LogP contribution in [0, 0.1) is 5.92 Å². The summed E-state index contributed by atoms with van der Waals surface area (Å²) in [5.74, 6) is -0.311. The third-order valence-corrected chi connectivity index (χ3v) is 2.27. The van der Waals surface area contributed by atoms with Crippen molar-refractivity contribution < 1.29 is 14.3 Å². The molecule has 0 aromatic heterocycles. The van der Waals surface area contributed by atoms with E-state index in [9.17, 15) is 4.79 Å². The number of hydrogen-bond donors (Lipinski definition) is 0. The lowest BCUT2D eigenvalue weighted by Crippen LogP contribution is -2.30. The van der Waals surface area contributed by atoms with Crippen molar-refractivity contribution in [3.05, 3.63) is 0 Å². The van der Waals surface area contributed by atoms with E-state index in [4.69, 9.17) is 9.47 Å². The van der Waals surface area contributed by atoms with Crippen LogP contribution in [0.5, 0.6) is 0 Å². The normalized spacial score (nSPS) is 23.9. The maximum atomic E-state index is 11.0. The smallest absolute Gasteiger partial charge is 0.166 e. The zero-order valence-corrected chi connectivity index (χ0v) is 7.92. The lowest BCUT2D eigenvalue weighted by molar-refractivity contribution is -0.158. The Balaban J connectivity index is 2.43. The van der Waals surface area contributed by atoms with Crippen LogP contribution in [0.2, 0.25) is 0 Å². The van der Waals surface area contributed by atoms with E-state index in [-0.39, 0.29) is 11.7 Å². The summed E-state index contributed by atoms with van der Waals surface area (Å²) in [6.45, 7) is 6.67. The second-order valence-corrected chi connectivity index (χ2v) is 3.55. The molecule has 3 nitrogen and oxygen atoms in total. The van der Waals surface area contributed by atoms with Crippen LogP contribution in [0.4, 0.5) is 0 Å². The van der Waals surface area contributed by atoms with Crippen molar-refractivity contribution in [2.75, 3.05) is 13.2 Å². The van der Waals surface area contributed by atoms with Crippen molar-refractivity contribution >= 4 is 5.78 Å². The SMILES string of the molecule is CC(=O)C(C)CC1(C)OCCO1. The molecule has 12 heavy (non-hydrogen) atoms. The summed E-state index contributed by atoms with van der Waals surface area (Å²) < 4.78 is 10.8. The number of ether oxygens (including phenoxy) is 2. The molecule has 0 aromatic rings. The van der Waals surface area contributed by atoms with E-state index in [1.54, 1.807) is 6.92 Å². The van der Waals surface area contributed by atoms with Crippen LogP contribution in [0.3, 0.4) is 0 Å². The van der Waals surface area contributed by atoms with Crippen molar-refractivity contribution in [1.82, 2.24) is 0 Å². The van der Waals surface area contributed by atoms with Crippen LogP contribution < -0.4 is 0 Å². The molecule has 1 atom stereocenters. The fourth-order valence-electron chi connectivity index (χ4n) is 1.37. The molecule has 1 heterocycles. The summed E-state index contributed by atoms with van der Waals surface area (Å²) in [4.78, 5) is 11.0. The molecular formula is C9H16O3. The fraction of sp³-hybridized carbons (Fsp3) is 0.889. The Bertz CT molecular complexity index is 171. The average molecular weight is 172 g/mol. The molecule has 1 saturated heterocycles. The lowest BCUT2D eigenvalue weighted by atomic mass is 9.98. The van der Waals surface area contributed by atoms with Crippen molar-refractivity contribution in [2.45, 2.75) is 33.0 Å². The monoisotopic (exact) mass is 172 g/mol. The Kier molecular flexibility index (Phi) is 2.85. The molecule has 1 rings (SSSR count). The van der Waals surface area contributed by atoms with Gasteiger partial charge in [-0.15, -0.1) is 0 Å². The van der Waals surface area contributed by atoms with Gasteiger partial charge in [-0.3, -0.25) is 4.79 Å². The molecule has 1 aliphatic rings. The maximum absolute atomic E-state index is 11.0. The summed E-state index contributed by atoms with van der Waals surface area (Å²) >= 11 is 0. The molecular weight excluding hydrogens is 156 g/mol. The molecule has 0 aromatic carbocycles.